The molecule has 2 fully saturated rings. The lowest BCUT2D eigenvalue weighted by molar-refractivity contribution is -0.160. The summed E-state index contributed by atoms with van der Waals surface area (Å²) < 4.78 is 12.7. The highest BCUT2D eigenvalue weighted by atomic mass is 16.7. The number of amides is 2. The molecule has 1 saturated heterocycles. The minimum absolute atomic E-state index is 0.0505. The number of carbonyl (C=O) groups is 2. The summed E-state index contributed by atoms with van der Waals surface area (Å²) in [6.45, 7) is 7.66. The maximum atomic E-state index is 12.8. The van der Waals surface area contributed by atoms with E-state index in [0.29, 0.717) is 31.2 Å². The van der Waals surface area contributed by atoms with E-state index in [-0.39, 0.29) is 29.7 Å². The summed E-state index contributed by atoms with van der Waals surface area (Å²) in [6, 6.07) is 5.70. The minimum atomic E-state index is -0.815. The maximum absolute atomic E-state index is 12.8. The normalized spacial score (nSPS) is 24.8. The molecule has 2 atom stereocenters. The van der Waals surface area contributed by atoms with E-state index >= 15 is 0 Å². The average molecular weight is 400 g/mol. The summed E-state index contributed by atoms with van der Waals surface area (Å²) >= 11 is 0. The van der Waals surface area contributed by atoms with Gasteiger partial charge >= 0.3 is 0 Å². The van der Waals surface area contributed by atoms with Gasteiger partial charge in [0.2, 0.25) is 5.91 Å². The summed E-state index contributed by atoms with van der Waals surface area (Å²) in [5.41, 5.74) is 1.25. The van der Waals surface area contributed by atoms with Crippen molar-refractivity contribution in [2.45, 2.75) is 45.4 Å². The number of fused-ring (bicyclic) bond motifs is 1. The van der Waals surface area contributed by atoms with Gasteiger partial charge in [0.1, 0.15) is 0 Å². The van der Waals surface area contributed by atoms with Crippen LogP contribution in [0, 0.1) is 11.3 Å². The molecule has 1 aliphatic heterocycles. The second-order valence-electron chi connectivity index (χ2n) is 8.68. The molecule has 0 radical (unpaired) electrons. The first-order chi connectivity index (χ1) is 13.8. The molecule has 1 saturated carbocycles. The zero-order valence-corrected chi connectivity index (χ0v) is 17.1. The Morgan fingerprint density at radius 1 is 1.24 bits per heavy atom. The molecule has 0 aromatic carbocycles. The number of aromatic nitrogens is 2. The molecule has 2 amide bonds. The molecule has 0 spiro atoms. The van der Waals surface area contributed by atoms with Gasteiger partial charge in [-0.25, -0.2) is 4.52 Å². The molecule has 1 aliphatic carbocycles. The minimum Gasteiger partial charge on any atom is -0.356 e. The molecule has 2 N–H and O–H groups in total. The summed E-state index contributed by atoms with van der Waals surface area (Å²) in [5.74, 6) is -0.720. The van der Waals surface area contributed by atoms with Crippen LogP contribution in [0.15, 0.2) is 30.6 Å². The number of rotatable bonds is 6. The molecule has 3 heterocycles. The highest BCUT2D eigenvalue weighted by Crippen LogP contribution is 2.46. The van der Waals surface area contributed by atoms with E-state index in [4.69, 9.17) is 9.47 Å². The van der Waals surface area contributed by atoms with Crippen molar-refractivity contribution in [1.82, 2.24) is 20.2 Å². The second-order valence-corrected chi connectivity index (χ2v) is 8.68. The van der Waals surface area contributed by atoms with Crippen LogP contribution in [-0.2, 0) is 14.3 Å². The van der Waals surface area contributed by atoms with Crippen molar-refractivity contribution in [2.24, 2.45) is 11.3 Å². The van der Waals surface area contributed by atoms with Crippen molar-refractivity contribution in [3.63, 3.8) is 0 Å². The Morgan fingerprint density at radius 2 is 2.00 bits per heavy atom. The van der Waals surface area contributed by atoms with Crippen LogP contribution in [0.3, 0.4) is 0 Å². The molecule has 0 bridgehead atoms. The Labute approximate surface area is 169 Å². The summed E-state index contributed by atoms with van der Waals surface area (Å²) in [7, 11) is 0. The van der Waals surface area contributed by atoms with Gasteiger partial charge in [-0.3, -0.25) is 9.59 Å². The molecule has 8 heteroatoms. The van der Waals surface area contributed by atoms with E-state index in [0.717, 1.165) is 11.9 Å². The summed E-state index contributed by atoms with van der Waals surface area (Å²) in [6.07, 6.45) is 4.43. The van der Waals surface area contributed by atoms with E-state index in [1.165, 1.54) is 0 Å². The van der Waals surface area contributed by atoms with Gasteiger partial charge in [-0.2, -0.15) is 5.10 Å². The third kappa shape index (κ3) is 3.86. The Balaban J connectivity index is 1.29. The number of nitrogens with one attached hydrogen (secondary N) is 2. The van der Waals surface area contributed by atoms with Crippen molar-refractivity contribution in [2.75, 3.05) is 19.8 Å². The van der Waals surface area contributed by atoms with Crippen LogP contribution in [0.1, 0.15) is 44.0 Å². The highest BCUT2D eigenvalue weighted by Gasteiger charge is 2.48. The highest BCUT2D eigenvalue weighted by molar-refractivity contribution is 6.00. The molecular formula is C21H28N4O4. The predicted molar refractivity (Wildman–Crippen MR) is 106 cm³/mol. The van der Waals surface area contributed by atoms with Gasteiger partial charge in [0, 0.05) is 18.8 Å². The van der Waals surface area contributed by atoms with Gasteiger partial charge in [-0.05, 0) is 36.8 Å². The van der Waals surface area contributed by atoms with Gasteiger partial charge in [0.15, 0.2) is 5.79 Å². The number of hydrogen-bond donors (Lipinski definition) is 2. The smallest absolute Gasteiger partial charge is 0.255 e. The van der Waals surface area contributed by atoms with Gasteiger partial charge in [0.05, 0.1) is 36.9 Å². The Hall–Kier alpha value is -2.45. The summed E-state index contributed by atoms with van der Waals surface area (Å²) in [4.78, 5) is 25.0. The fourth-order valence-electron chi connectivity index (χ4n) is 4.20. The van der Waals surface area contributed by atoms with Crippen molar-refractivity contribution < 1.29 is 19.1 Å². The van der Waals surface area contributed by atoms with E-state index in [1.54, 1.807) is 17.6 Å². The third-order valence-electron chi connectivity index (χ3n) is 6.37. The van der Waals surface area contributed by atoms with E-state index in [1.807, 2.05) is 24.4 Å². The fraction of sp³-hybridized carbons (Fsp3) is 0.571. The van der Waals surface area contributed by atoms with Crippen molar-refractivity contribution >= 4 is 17.3 Å². The molecule has 29 heavy (non-hydrogen) atoms. The fourth-order valence-corrected chi connectivity index (χ4v) is 4.20. The number of hydrogen-bond acceptors (Lipinski definition) is 5. The van der Waals surface area contributed by atoms with Crippen LogP contribution in [0.4, 0.5) is 0 Å². The summed E-state index contributed by atoms with van der Waals surface area (Å²) in [5, 5.41) is 10.4. The average Bonchev–Trinajstić information content (AvgIpc) is 3.30. The van der Waals surface area contributed by atoms with Crippen molar-refractivity contribution in [3.8, 4) is 0 Å². The van der Waals surface area contributed by atoms with E-state index < -0.39 is 5.79 Å². The Bertz CT molecular complexity index is 916. The molecule has 2 unspecified atom stereocenters. The predicted octanol–water partition coefficient (Wildman–Crippen LogP) is 1.75. The zero-order chi connectivity index (χ0) is 20.6. The van der Waals surface area contributed by atoms with Crippen LogP contribution in [0.5, 0.6) is 0 Å². The lowest BCUT2D eigenvalue weighted by Gasteiger charge is -2.52. The first kappa shape index (κ1) is 19.8. The number of nitrogens with zero attached hydrogens (tertiary/aromatic N) is 2. The lowest BCUT2D eigenvalue weighted by Crippen LogP contribution is -2.60. The van der Waals surface area contributed by atoms with Crippen LogP contribution >= 0.6 is 0 Å². The van der Waals surface area contributed by atoms with Crippen LogP contribution in [-0.4, -0.2) is 53.0 Å². The number of carbonyl (C=O) groups excluding carboxylic acids is 2. The monoisotopic (exact) mass is 400 g/mol. The van der Waals surface area contributed by atoms with Crippen LogP contribution in [0.2, 0.25) is 0 Å². The topological polar surface area (TPSA) is 94.0 Å². The quantitative estimate of drug-likeness (QED) is 0.771. The van der Waals surface area contributed by atoms with Crippen molar-refractivity contribution in [3.05, 3.63) is 36.2 Å². The van der Waals surface area contributed by atoms with Crippen LogP contribution < -0.4 is 10.6 Å². The SMILES string of the molecule is CC1(CC(=O)NCC2CC(NC(=O)c3cnn4ccccc34)C2(C)C)OCCO1. The number of ether oxygens (including phenoxy) is 2. The number of pyridine rings is 1. The third-order valence-corrected chi connectivity index (χ3v) is 6.37. The second kappa shape index (κ2) is 7.42. The Morgan fingerprint density at radius 3 is 2.72 bits per heavy atom. The molecule has 2 aromatic rings. The first-order valence-electron chi connectivity index (χ1n) is 10.1. The molecule has 2 aromatic heterocycles. The van der Waals surface area contributed by atoms with Gasteiger partial charge in [-0.15, -0.1) is 0 Å². The van der Waals surface area contributed by atoms with Gasteiger partial charge in [0.25, 0.3) is 5.91 Å². The molecular weight excluding hydrogens is 372 g/mol. The first-order valence-corrected chi connectivity index (χ1v) is 10.1. The molecule has 156 valence electrons. The Kier molecular flexibility index (Phi) is 5.08. The molecule has 2 aliphatic rings. The zero-order valence-electron chi connectivity index (χ0n) is 17.1. The van der Waals surface area contributed by atoms with Gasteiger partial charge < -0.3 is 20.1 Å². The maximum Gasteiger partial charge on any atom is 0.255 e. The molecule has 4 rings (SSSR count). The lowest BCUT2D eigenvalue weighted by atomic mass is 9.58. The largest absolute Gasteiger partial charge is 0.356 e. The van der Waals surface area contributed by atoms with E-state index in [2.05, 4.69) is 29.6 Å². The molecule has 8 nitrogen and oxygen atoms in total. The van der Waals surface area contributed by atoms with Crippen molar-refractivity contribution in [1.29, 1.82) is 0 Å². The van der Waals surface area contributed by atoms with Crippen LogP contribution in [0.25, 0.3) is 5.52 Å². The standard InChI is InChI=1S/C21H28N4O4/c1-20(2)14(12-22-18(26)11-21(3)28-8-9-29-21)10-17(20)24-19(27)15-13-23-25-7-5-4-6-16(15)25/h4-7,13-14,17H,8-12H2,1-3H3,(H,22,26)(H,24,27). The van der Waals surface area contributed by atoms with Gasteiger partial charge in [-0.1, -0.05) is 19.9 Å². The van der Waals surface area contributed by atoms with E-state index in [9.17, 15) is 9.59 Å².